The first-order valence-corrected chi connectivity index (χ1v) is 8.60. The van der Waals surface area contributed by atoms with Gasteiger partial charge < -0.3 is 10.6 Å². The SMILES string of the molecule is CN=C(NCCc1c(Cl)cccc1Cl)NCc1nnc2ccccn12.I. The molecule has 2 N–H and O–H groups in total. The topological polar surface area (TPSA) is 66.6 Å². The number of hydrogen-bond acceptors (Lipinski definition) is 3. The van der Waals surface area contributed by atoms with E-state index >= 15 is 0 Å². The van der Waals surface area contributed by atoms with Crippen LogP contribution in [0.15, 0.2) is 47.6 Å². The molecule has 3 aromatic rings. The second-order valence-electron chi connectivity index (χ2n) is 5.35. The number of rotatable bonds is 5. The fourth-order valence-electron chi connectivity index (χ4n) is 2.47. The van der Waals surface area contributed by atoms with Crippen LogP contribution in [0.1, 0.15) is 11.4 Å². The Bertz CT molecular complexity index is 876. The van der Waals surface area contributed by atoms with Crippen molar-refractivity contribution in [1.29, 1.82) is 0 Å². The Balaban J connectivity index is 0.00000243. The summed E-state index contributed by atoms with van der Waals surface area (Å²) in [5.41, 5.74) is 1.74. The molecule has 0 fully saturated rings. The van der Waals surface area contributed by atoms with E-state index < -0.39 is 0 Å². The van der Waals surface area contributed by atoms with Crippen molar-refractivity contribution < 1.29 is 0 Å². The fraction of sp³-hybridized carbons (Fsp3) is 0.235. The van der Waals surface area contributed by atoms with Gasteiger partial charge in [0.1, 0.15) is 0 Å². The summed E-state index contributed by atoms with van der Waals surface area (Å²) >= 11 is 12.4. The molecule has 0 aliphatic rings. The average molecular weight is 505 g/mol. The van der Waals surface area contributed by atoms with Gasteiger partial charge in [-0.3, -0.25) is 9.39 Å². The molecule has 0 saturated heterocycles. The standard InChI is InChI=1S/C17H18Cl2N6.HI/c1-20-17(21-9-8-12-13(18)5-4-6-14(12)19)22-11-16-24-23-15-7-2-3-10-25(15)16;/h2-7,10H,8-9,11H2,1H3,(H2,20,21,22);1H. The molecule has 3 rings (SSSR count). The summed E-state index contributed by atoms with van der Waals surface area (Å²) in [6.45, 7) is 1.17. The van der Waals surface area contributed by atoms with E-state index in [9.17, 15) is 0 Å². The highest BCUT2D eigenvalue weighted by atomic mass is 127. The van der Waals surface area contributed by atoms with Gasteiger partial charge >= 0.3 is 0 Å². The molecule has 0 aliphatic heterocycles. The minimum absolute atomic E-state index is 0. The third kappa shape index (κ3) is 4.99. The Morgan fingerprint density at radius 3 is 2.58 bits per heavy atom. The molecule has 2 aromatic heterocycles. The maximum atomic E-state index is 6.19. The van der Waals surface area contributed by atoms with Crippen molar-refractivity contribution in [1.82, 2.24) is 25.2 Å². The van der Waals surface area contributed by atoms with Gasteiger partial charge in [-0.25, -0.2) is 0 Å². The van der Waals surface area contributed by atoms with Crippen molar-refractivity contribution in [2.75, 3.05) is 13.6 Å². The van der Waals surface area contributed by atoms with Crippen LogP contribution in [0.5, 0.6) is 0 Å². The molecular weight excluding hydrogens is 486 g/mol. The van der Waals surface area contributed by atoms with E-state index in [2.05, 4.69) is 25.8 Å². The second kappa shape index (κ2) is 9.94. The van der Waals surface area contributed by atoms with Crippen molar-refractivity contribution in [3.63, 3.8) is 0 Å². The van der Waals surface area contributed by atoms with Crippen LogP contribution in [0.3, 0.4) is 0 Å². The Hall–Kier alpha value is -1.58. The zero-order chi connectivity index (χ0) is 17.6. The molecule has 6 nitrogen and oxygen atoms in total. The molecule has 2 heterocycles. The summed E-state index contributed by atoms with van der Waals surface area (Å²) in [5, 5.41) is 16.1. The average Bonchev–Trinajstić information content (AvgIpc) is 3.03. The molecule has 0 aliphatic carbocycles. The Morgan fingerprint density at radius 1 is 1.08 bits per heavy atom. The van der Waals surface area contributed by atoms with Crippen LogP contribution in [-0.2, 0) is 13.0 Å². The Kier molecular flexibility index (Phi) is 7.92. The normalized spacial score (nSPS) is 11.3. The van der Waals surface area contributed by atoms with Crippen LogP contribution >= 0.6 is 47.2 Å². The lowest BCUT2D eigenvalue weighted by Gasteiger charge is -2.12. The largest absolute Gasteiger partial charge is 0.356 e. The number of aromatic nitrogens is 3. The number of nitrogens with zero attached hydrogens (tertiary/aromatic N) is 4. The molecule has 138 valence electrons. The first kappa shape index (κ1) is 20.7. The third-order valence-corrected chi connectivity index (χ3v) is 4.46. The van der Waals surface area contributed by atoms with Gasteiger partial charge in [-0.1, -0.05) is 35.3 Å². The zero-order valence-electron chi connectivity index (χ0n) is 14.1. The van der Waals surface area contributed by atoms with Gasteiger partial charge in [0.2, 0.25) is 0 Å². The van der Waals surface area contributed by atoms with E-state index in [4.69, 9.17) is 23.2 Å². The van der Waals surface area contributed by atoms with E-state index in [1.54, 1.807) is 7.05 Å². The molecule has 0 amide bonds. The van der Waals surface area contributed by atoms with Gasteiger partial charge in [-0.2, -0.15) is 0 Å². The summed E-state index contributed by atoms with van der Waals surface area (Å²) in [7, 11) is 1.72. The van der Waals surface area contributed by atoms with Gasteiger partial charge in [0.05, 0.1) is 6.54 Å². The number of guanidine groups is 1. The fourth-order valence-corrected chi connectivity index (χ4v) is 3.06. The van der Waals surface area contributed by atoms with E-state index in [-0.39, 0.29) is 24.0 Å². The molecule has 0 radical (unpaired) electrons. The van der Waals surface area contributed by atoms with Crippen molar-refractivity contribution in [3.05, 3.63) is 64.0 Å². The van der Waals surface area contributed by atoms with Crippen LogP contribution in [0.2, 0.25) is 10.0 Å². The molecular formula is C17H19Cl2IN6. The lowest BCUT2D eigenvalue weighted by atomic mass is 10.1. The second-order valence-corrected chi connectivity index (χ2v) is 6.16. The van der Waals surface area contributed by atoms with Gasteiger partial charge in [0, 0.05) is 29.8 Å². The minimum Gasteiger partial charge on any atom is -0.356 e. The lowest BCUT2D eigenvalue weighted by Crippen LogP contribution is -2.38. The molecule has 0 spiro atoms. The number of hydrogen-bond donors (Lipinski definition) is 2. The molecule has 0 bridgehead atoms. The van der Waals surface area contributed by atoms with Crippen LogP contribution in [0.4, 0.5) is 0 Å². The maximum absolute atomic E-state index is 6.19. The number of pyridine rings is 1. The van der Waals surface area contributed by atoms with Gasteiger partial charge in [-0.15, -0.1) is 34.2 Å². The van der Waals surface area contributed by atoms with Crippen molar-refractivity contribution >= 4 is 58.8 Å². The summed E-state index contributed by atoms with van der Waals surface area (Å²) in [5.74, 6) is 1.49. The Labute approximate surface area is 179 Å². The van der Waals surface area contributed by atoms with Crippen molar-refractivity contribution in [2.24, 2.45) is 4.99 Å². The molecule has 0 atom stereocenters. The van der Waals surface area contributed by atoms with Gasteiger partial charge in [0.25, 0.3) is 0 Å². The number of halogens is 3. The number of fused-ring (bicyclic) bond motifs is 1. The highest BCUT2D eigenvalue weighted by Crippen LogP contribution is 2.24. The molecule has 9 heteroatoms. The summed E-state index contributed by atoms with van der Waals surface area (Å²) in [4.78, 5) is 4.21. The molecule has 0 saturated carbocycles. The van der Waals surface area contributed by atoms with Crippen LogP contribution in [0.25, 0.3) is 5.65 Å². The van der Waals surface area contributed by atoms with E-state index in [1.807, 2.05) is 47.0 Å². The maximum Gasteiger partial charge on any atom is 0.191 e. The number of aliphatic imine (C=N–C) groups is 1. The summed E-state index contributed by atoms with van der Waals surface area (Å²) in [6.07, 6.45) is 2.63. The monoisotopic (exact) mass is 504 g/mol. The van der Waals surface area contributed by atoms with Crippen LogP contribution in [-0.4, -0.2) is 34.2 Å². The first-order valence-electron chi connectivity index (χ1n) is 7.85. The lowest BCUT2D eigenvalue weighted by molar-refractivity contribution is 0.757. The number of benzene rings is 1. The number of nitrogens with one attached hydrogen (secondary N) is 2. The Morgan fingerprint density at radius 2 is 1.85 bits per heavy atom. The van der Waals surface area contributed by atoms with E-state index in [1.165, 1.54) is 0 Å². The quantitative estimate of drug-likeness (QED) is 0.317. The van der Waals surface area contributed by atoms with Crippen LogP contribution < -0.4 is 10.6 Å². The predicted octanol–water partition coefficient (Wildman–Crippen LogP) is 3.56. The smallest absolute Gasteiger partial charge is 0.191 e. The van der Waals surface area contributed by atoms with E-state index in [0.29, 0.717) is 35.5 Å². The first-order chi connectivity index (χ1) is 12.2. The van der Waals surface area contributed by atoms with E-state index in [0.717, 1.165) is 17.0 Å². The predicted molar refractivity (Wildman–Crippen MR) is 117 cm³/mol. The third-order valence-electron chi connectivity index (χ3n) is 3.75. The zero-order valence-corrected chi connectivity index (χ0v) is 18.0. The van der Waals surface area contributed by atoms with Gasteiger partial charge in [0.15, 0.2) is 17.4 Å². The van der Waals surface area contributed by atoms with Gasteiger partial charge in [-0.05, 0) is 36.2 Å². The van der Waals surface area contributed by atoms with Crippen molar-refractivity contribution in [3.8, 4) is 0 Å². The summed E-state index contributed by atoms with van der Waals surface area (Å²) < 4.78 is 1.93. The highest BCUT2D eigenvalue weighted by molar-refractivity contribution is 14.0. The van der Waals surface area contributed by atoms with Crippen molar-refractivity contribution in [2.45, 2.75) is 13.0 Å². The minimum atomic E-state index is 0. The summed E-state index contributed by atoms with van der Waals surface area (Å²) in [6, 6.07) is 11.3. The molecule has 0 unspecified atom stereocenters. The molecule has 1 aromatic carbocycles. The molecule has 26 heavy (non-hydrogen) atoms. The van der Waals surface area contributed by atoms with Crippen LogP contribution in [0, 0.1) is 0 Å². The highest BCUT2D eigenvalue weighted by Gasteiger charge is 2.07.